The molecule has 0 heterocycles. The summed E-state index contributed by atoms with van der Waals surface area (Å²) in [5.74, 6) is 0.494. The average Bonchev–Trinajstić information content (AvgIpc) is 2.39. The molecule has 0 spiro atoms. The van der Waals surface area contributed by atoms with E-state index in [1.165, 1.54) is 0 Å². The summed E-state index contributed by atoms with van der Waals surface area (Å²) in [6.07, 6.45) is 3.33. The molecule has 1 aliphatic rings. The Bertz CT molecular complexity index is 543. The van der Waals surface area contributed by atoms with Crippen LogP contribution in [0.4, 0.5) is 0 Å². The molecule has 0 amide bonds. The quantitative estimate of drug-likeness (QED) is 0.867. The monoisotopic (exact) mass is 297 g/mol. The molecule has 20 heavy (non-hydrogen) atoms. The van der Waals surface area contributed by atoms with Gasteiger partial charge in [-0.15, -0.1) is 0 Å². The Hall–Kier alpha value is -0.910. The Labute approximate surface area is 121 Å². The molecule has 1 aromatic rings. The van der Waals surface area contributed by atoms with Gasteiger partial charge in [-0.25, -0.2) is 0 Å². The van der Waals surface area contributed by atoms with E-state index in [0.29, 0.717) is 12.5 Å². The molecule has 2 N–H and O–H groups in total. The topological polar surface area (TPSA) is 69.4 Å². The minimum atomic E-state index is -3.69. The second-order valence-electron chi connectivity index (χ2n) is 5.98. The van der Waals surface area contributed by atoms with Crippen molar-refractivity contribution in [1.29, 1.82) is 0 Å². The van der Waals surface area contributed by atoms with Crippen molar-refractivity contribution in [2.75, 3.05) is 6.54 Å². The highest BCUT2D eigenvalue weighted by atomic mass is 32.2. The van der Waals surface area contributed by atoms with E-state index >= 15 is 0 Å². The lowest BCUT2D eigenvalue weighted by molar-refractivity contribution is 0.0405. The Kier molecular flexibility index (Phi) is 4.52. The predicted octanol–water partition coefficient (Wildman–Crippen LogP) is 2.61. The molecule has 0 aromatic heterocycles. The lowest BCUT2D eigenvalue weighted by atomic mass is 9.80. The minimum Gasteiger partial charge on any atom is -0.330 e. The zero-order valence-electron chi connectivity index (χ0n) is 12.1. The Balaban J connectivity index is 2.10. The van der Waals surface area contributed by atoms with E-state index in [9.17, 15) is 8.42 Å². The smallest absolute Gasteiger partial charge is 0.297 e. The fraction of sp³-hybridized carbons (Fsp3) is 0.600. The van der Waals surface area contributed by atoms with Crippen molar-refractivity contribution in [3.8, 4) is 0 Å². The molecule has 0 bridgehead atoms. The van der Waals surface area contributed by atoms with Crippen LogP contribution >= 0.6 is 0 Å². The molecule has 4 nitrogen and oxygen atoms in total. The third-order valence-corrected chi connectivity index (χ3v) is 5.59. The summed E-state index contributed by atoms with van der Waals surface area (Å²) in [6.45, 7) is 4.47. The molecule has 1 aromatic carbocycles. The van der Waals surface area contributed by atoms with Gasteiger partial charge in [0, 0.05) is 0 Å². The number of benzene rings is 1. The molecule has 0 atom stereocenters. The summed E-state index contributed by atoms with van der Waals surface area (Å²) in [5, 5.41) is 0. The van der Waals surface area contributed by atoms with Gasteiger partial charge in [0.2, 0.25) is 0 Å². The van der Waals surface area contributed by atoms with Gasteiger partial charge in [-0.3, -0.25) is 4.18 Å². The second-order valence-corrected chi connectivity index (χ2v) is 7.53. The number of hydrogen-bond donors (Lipinski definition) is 1. The van der Waals surface area contributed by atoms with E-state index in [1.807, 2.05) is 13.8 Å². The molecule has 2 rings (SSSR count). The van der Waals surface area contributed by atoms with E-state index in [4.69, 9.17) is 9.92 Å². The van der Waals surface area contributed by atoms with Crippen LogP contribution < -0.4 is 5.73 Å². The van der Waals surface area contributed by atoms with Crippen molar-refractivity contribution < 1.29 is 12.6 Å². The molecule has 0 radical (unpaired) electrons. The summed E-state index contributed by atoms with van der Waals surface area (Å²) in [4.78, 5) is 0.227. The first-order valence-electron chi connectivity index (χ1n) is 7.07. The predicted molar refractivity (Wildman–Crippen MR) is 78.9 cm³/mol. The Morgan fingerprint density at radius 1 is 1.25 bits per heavy atom. The summed E-state index contributed by atoms with van der Waals surface area (Å²) in [6, 6.07) is 6.76. The average molecular weight is 297 g/mol. The number of rotatable bonds is 4. The highest BCUT2D eigenvalue weighted by molar-refractivity contribution is 7.86. The van der Waals surface area contributed by atoms with Crippen molar-refractivity contribution in [3.05, 3.63) is 29.8 Å². The molecule has 1 aliphatic carbocycles. The summed E-state index contributed by atoms with van der Waals surface area (Å²) in [5.41, 5.74) is 6.09. The van der Waals surface area contributed by atoms with E-state index in [0.717, 1.165) is 31.2 Å². The first kappa shape index (κ1) is 15.5. The van der Waals surface area contributed by atoms with Gasteiger partial charge in [-0.1, -0.05) is 17.7 Å². The second kappa shape index (κ2) is 5.84. The third kappa shape index (κ3) is 3.59. The van der Waals surface area contributed by atoms with Crippen LogP contribution in [0.3, 0.4) is 0 Å². The first-order chi connectivity index (χ1) is 9.35. The van der Waals surface area contributed by atoms with Gasteiger partial charge in [0.05, 0.1) is 10.5 Å². The van der Waals surface area contributed by atoms with E-state index in [1.54, 1.807) is 24.3 Å². The fourth-order valence-electron chi connectivity index (χ4n) is 2.63. The molecule has 0 aliphatic heterocycles. The Morgan fingerprint density at radius 2 is 1.80 bits per heavy atom. The molecular weight excluding hydrogens is 274 g/mol. The van der Waals surface area contributed by atoms with Gasteiger partial charge in [-0.2, -0.15) is 8.42 Å². The summed E-state index contributed by atoms with van der Waals surface area (Å²) in [7, 11) is -3.69. The van der Waals surface area contributed by atoms with Crippen molar-refractivity contribution in [2.24, 2.45) is 11.7 Å². The highest BCUT2D eigenvalue weighted by Gasteiger charge is 2.36. The van der Waals surface area contributed by atoms with Gasteiger partial charge in [0.1, 0.15) is 0 Å². The maximum Gasteiger partial charge on any atom is 0.297 e. The molecule has 5 heteroatoms. The van der Waals surface area contributed by atoms with Crippen LogP contribution in [0.1, 0.15) is 38.2 Å². The zero-order chi connectivity index (χ0) is 14.8. The fourth-order valence-corrected chi connectivity index (χ4v) is 3.89. The van der Waals surface area contributed by atoms with Gasteiger partial charge >= 0.3 is 0 Å². The van der Waals surface area contributed by atoms with Crippen molar-refractivity contribution in [2.45, 2.75) is 50.0 Å². The van der Waals surface area contributed by atoms with E-state index < -0.39 is 15.7 Å². The molecule has 112 valence electrons. The number of nitrogens with two attached hydrogens (primary N) is 1. The van der Waals surface area contributed by atoms with Crippen LogP contribution in [0, 0.1) is 12.8 Å². The molecular formula is C15H23NO3S. The van der Waals surface area contributed by atoms with Gasteiger partial charge in [0.25, 0.3) is 10.1 Å². The van der Waals surface area contributed by atoms with E-state index in [-0.39, 0.29) is 4.90 Å². The van der Waals surface area contributed by atoms with E-state index in [2.05, 4.69) is 0 Å². The molecule has 0 unspecified atom stereocenters. The van der Waals surface area contributed by atoms with Crippen molar-refractivity contribution in [3.63, 3.8) is 0 Å². The highest BCUT2D eigenvalue weighted by Crippen LogP contribution is 2.36. The summed E-state index contributed by atoms with van der Waals surface area (Å²) < 4.78 is 30.2. The van der Waals surface area contributed by atoms with Gasteiger partial charge in [-0.05, 0) is 64.1 Å². The normalized spacial score (nSPS) is 27.4. The largest absolute Gasteiger partial charge is 0.330 e. The molecule has 0 saturated heterocycles. The molecule has 1 saturated carbocycles. The lowest BCUT2D eigenvalue weighted by Crippen LogP contribution is -2.37. The van der Waals surface area contributed by atoms with Crippen LogP contribution in [-0.2, 0) is 14.3 Å². The van der Waals surface area contributed by atoms with Crippen molar-refractivity contribution in [1.82, 2.24) is 0 Å². The Morgan fingerprint density at radius 3 is 2.30 bits per heavy atom. The lowest BCUT2D eigenvalue weighted by Gasteiger charge is -2.36. The maximum absolute atomic E-state index is 12.3. The summed E-state index contributed by atoms with van der Waals surface area (Å²) >= 11 is 0. The van der Waals surface area contributed by atoms with Crippen LogP contribution in [0.25, 0.3) is 0 Å². The molecule has 1 fully saturated rings. The van der Waals surface area contributed by atoms with Gasteiger partial charge in [0.15, 0.2) is 0 Å². The van der Waals surface area contributed by atoms with Gasteiger partial charge < -0.3 is 5.73 Å². The van der Waals surface area contributed by atoms with Crippen molar-refractivity contribution >= 4 is 10.1 Å². The van der Waals surface area contributed by atoms with Crippen LogP contribution in [0.2, 0.25) is 0 Å². The standard InChI is InChI=1S/C15H23NO3S/c1-12-3-5-14(6-4-12)20(17,18)19-15(2)9-7-13(11-16)8-10-15/h3-6,13H,7-11,16H2,1-2H3. The first-order valence-corrected chi connectivity index (χ1v) is 8.48. The van der Waals surface area contributed by atoms with Crippen LogP contribution in [0.5, 0.6) is 0 Å². The maximum atomic E-state index is 12.3. The third-order valence-electron chi connectivity index (χ3n) is 4.12. The zero-order valence-corrected chi connectivity index (χ0v) is 12.9. The van der Waals surface area contributed by atoms with Crippen LogP contribution in [-0.4, -0.2) is 20.6 Å². The SMILES string of the molecule is Cc1ccc(S(=O)(=O)OC2(C)CCC(CN)CC2)cc1. The van der Waals surface area contributed by atoms with Crippen LogP contribution in [0.15, 0.2) is 29.2 Å². The minimum absolute atomic E-state index is 0.227. The number of aryl methyl sites for hydroxylation is 1. The number of hydrogen-bond acceptors (Lipinski definition) is 4.